The van der Waals surface area contributed by atoms with Gasteiger partial charge < -0.3 is 9.47 Å². The number of nitro groups is 1. The van der Waals surface area contributed by atoms with Gasteiger partial charge in [-0.3, -0.25) is 15.1 Å². The third-order valence-electron chi connectivity index (χ3n) is 10.1. The minimum Gasteiger partial charge on any atom is -0.430 e. The van der Waals surface area contributed by atoms with Gasteiger partial charge >= 0.3 is 6.16 Å². The van der Waals surface area contributed by atoms with E-state index in [1.165, 1.54) is 53.8 Å². The fraction of sp³-hybridized carbons (Fsp3) is 0.484. The molecule has 0 spiro atoms. The lowest BCUT2D eigenvalue weighted by Crippen LogP contribution is -2.50. The van der Waals surface area contributed by atoms with Crippen molar-refractivity contribution in [1.82, 2.24) is 4.98 Å². The first-order valence-corrected chi connectivity index (χ1v) is 13.7. The summed E-state index contributed by atoms with van der Waals surface area (Å²) < 4.78 is 11.0. The number of fused-ring (bicyclic) bond motifs is 5. The maximum atomic E-state index is 12.5. The molecule has 0 radical (unpaired) electrons. The molecule has 1 heterocycles. The molecule has 6 rings (SSSR count). The van der Waals surface area contributed by atoms with Crippen LogP contribution >= 0.6 is 0 Å². The average molecular weight is 515 g/mol. The topological polar surface area (TPSA) is 91.6 Å². The van der Waals surface area contributed by atoms with Crippen molar-refractivity contribution >= 4 is 17.4 Å². The molecule has 1 aromatic heterocycles. The van der Waals surface area contributed by atoms with Crippen LogP contribution in [-0.2, 0) is 4.74 Å². The Bertz CT molecular complexity index is 1300. The van der Waals surface area contributed by atoms with Gasteiger partial charge in [0.2, 0.25) is 0 Å². The number of hydrogen-bond acceptors (Lipinski definition) is 6. The molecule has 2 fully saturated rings. The number of aromatic nitrogens is 1. The molecule has 0 N–H and O–H groups in total. The summed E-state index contributed by atoms with van der Waals surface area (Å²) >= 11 is 0. The van der Waals surface area contributed by atoms with Crippen molar-refractivity contribution in [3.63, 3.8) is 0 Å². The van der Waals surface area contributed by atoms with Gasteiger partial charge in [-0.15, -0.1) is 0 Å². The lowest BCUT2D eigenvalue weighted by Gasteiger charge is -2.57. The number of pyridine rings is 1. The number of nitro benzene ring substituents is 1. The summed E-state index contributed by atoms with van der Waals surface area (Å²) in [5.74, 6) is 2.20. The number of benzene rings is 1. The van der Waals surface area contributed by atoms with E-state index in [1.54, 1.807) is 0 Å². The van der Waals surface area contributed by atoms with Crippen molar-refractivity contribution < 1.29 is 19.2 Å². The van der Waals surface area contributed by atoms with E-state index >= 15 is 0 Å². The Balaban J connectivity index is 1.12. The number of rotatable bonds is 4. The SMILES string of the molecule is CC12CCC(OC(=O)Oc3ccc([N+](=O)[O-])cc3)CC1=CCC1C2CCC2(C)C(c3cccnc3)=CCC12. The van der Waals surface area contributed by atoms with Crippen LogP contribution in [0.25, 0.3) is 5.57 Å². The fourth-order valence-electron chi connectivity index (χ4n) is 8.16. The lowest BCUT2D eigenvalue weighted by atomic mass is 9.47. The highest BCUT2D eigenvalue weighted by molar-refractivity contribution is 5.72. The molecule has 0 amide bonds. The number of allylic oxidation sites excluding steroid dienone is 3. The van der Waals surface area contributed by atoms with Crippen LogP contribution in [0.15, 0.2) is 66.5 Å². The second kappa shape index (κ2) is 9.37. The maximum absolute atomic E-state index is 12.5. The summed E-state index contributed by atoms with van der Waals surface area (Å²) in [7, 11) is 0. The number of carbonyl (C=O) groups excluding carboxylic acids is 1. The highest BCUT2D eigenvalue weighted by Gasteiger charge is 2.57. The molecule has 4 aliphatic rings. The van der Waals surface area contributed by atoms with Gasteiger partial charge in [-0.1, -0.05) is 37.6 Å². The molecule has 7 nitrogen and oxygen atoms in total. The Morgan fingerprint density at radius 1 is 1.03 bits per heavy atom. The van der Waals surface area contributed by atoms with E-state index in [0.29, 0.717) is 17.8 Å². The van der Waals surface area contributed by atoms with Gasteiger partial charge in [0.1, 0.15) is 11.9 Å². The van der Waals surface area contributed by atoms with E-state index in [-0.39, 0.29) is 28.4 Å². The van der Waals surface area contributed by atoms with E-state index in [1.807, 2.05) is 18.5 Å². The van der Waals surface area contributed by atoms with Crippen LogP contribution in [0.1, 0.15) is 64.4 Å². The summed E-state index contributed by atoms with van der Waals surface area (Å²) in [4.78, 5) is 27.2. The Morgan fingerprint density at radius 2 is 1.82 bits per heavy atom. The van der Waals surface area contributed by atoms with E-state index in [0.717, 1.165) is 32.1 Å². The third kappa shape index (κ3) is 4.12. The van der Waals surface area contributed by atoms with Crippen LogP contribution in [0.5, 0.6) is 5.75 Å². The van der Waals surface area contributed by atoms with Crippen LogP contribution < -0.4 is 4.74 Å². The second-order valence-electron chi connectivity index (χ2n) is 11.9. The van der Waals surface area contributed by atoms with Crippen LogP contribution in [0.2, 0.25) is 0 Å². The van der Waals surface area contributed by atoms with Gasteiger partial charge in [0.15, 0.2) is 0 Å². The second-order valence-corrected chi connectivity index (χ2v) is 11.9. The lowest BCUT2D eigenvalue weighted by molar-refractivity contribution is -0.384. The van der Waals surface area contributed by atoms with Crippen LogP contribution in [0.4, 0.5) is 10.5 Å². The van der Waals surface area contributed by atoms with Crippen molar-refractivity contribution in [2.24, 2.45) is 28.6 Å². The minimum absolute atomic E-state index is 0.0514. The molecule has 1 aromatic carbocycles. The molecule has 2 aromatic rings. The number of carbonyl (C=O) groups is 1. The van der Waals surface area contributed by atoms with Crippen LogP contribution in [0, 0.1) is 38.7 Å². The largest absolute Gasteiger partial charge is 0.514 e. The molecule has 38 heavy (non-hydrogen) atoms. The monoisotopic (exact) mass is 514 g/mol. The summed E-state index contributed by atoms with van der Waals surface area (Å²) in [6.45, 7) is 4.91. The highest BCUT2D eigenvalue weighted by atomic mass is 16.7. The zero-order valence-electron chi connectivity index (χ0n) is 22.0. The average Bonchev–Trinajstić information content (AvgIpc) is 3.27. The summed E-state index contributed by atoms with van der Waals surface area (Å²) in [5.41, 5.74) is 4.48. The molecule has 198 valence electrons. The van der Waals surface area contributed by atoms with Crippen molar-refractivity contribution in [2.45, 2.75) is 64.9 Å². The Kier molecular flexibility index (Phi) is 6.12. The zero-order valence-corrected chi connectivity index (χ0v) is 22.0. The molecule has 7 heteroatoms. The predicted octanol–water partition coefficient (Wildman–Crippen LogP) is 7.53. The smallest absolute Gasteiger partial charge is 0.430 e. The van der Waals surface area contributed by atoms with E-state index in [9.17, 15) is 14.9 Å². The molecular formula is C31H34N2O5. The Labute approximate surface area is 223 Å². The molecule has 6 atom stereocenters. The molecule has 4 aliphatic carbocycles. The first kappa shape index (κ1) is 24.8. The maximum Gasteiger partial charge on any atom is 0.514 e. The zero-order chi connectivity index (χ0) is 26.5. The summed E-state index contributed by atoms with van der Waals surface area (Å²) in [5, 5.41) is 10.8. The first-order chi connectivity index (χ1) is 18.3. The normalized spacial score (nSPS) is 33.6. The fourth-order valence-corrected chi connectivity index (χ4v) is 8.16. The highest BCUT2D eigenvalue weighted by Crippen LogP contribution is 2.66. The van der Waals surface area contributed by atoms with Crippen molar-refractivity contribution in [2.75, 3.05) is 0 Å². The third-order valence-corrected chi connectivity index (χ3v) is 10.1. The number of non-ortho nitro benzene ring substituents is 1. The van der Waals surface area contributed by atoms with Crippen molar-refractivity contribution in [1.29, 1.82) is 0 Å². The molecule has 2 saturated carbocycles. The van der Waals surface area contributed by atoms with Gasteiger partial charge in [0, 0.05) is 30.9 Å². The van der Waals surface area contributed by atoms with Crippen molar-refractivity contribution in [3.05, 3.63) is 82.2 Å². The minimum atomic E-state index is -0.755. The summed E-state index contributed by atoms with van der Waals surface area (Å²) in [6, 6.07) is 9.69. The molecule has 0 aliphatic heterocycles. The van der Waals surface area contributed by atoms with Crippen LogP contribution in [0.3, 0.4) is 0 Å². The molecule has 0 saturated heterocycles. The number of ether oxygens (including phenoxy) is 2. The van der Waals surface area contributed by atoms with E-state index in [2.05, 4.69) is 37.0 Å². The summed E-state index contributed by atoms with van der Waals surface area (Å²) in [6.07, 6.45) is 15.0. The van der Waals surface area contributed by atoms with Gasteiger partial charge in [-0.2, -0.15) is 0 Å². The van der Waals surface area contributed by atoms with Crippen LogP contribution in [-0.4, -0.2) is 22.2 Å². The van der Waals surface area contributed by atoms with Gasteiger partial charge in [-0.25, -0.2) is 4.79 Å². The van der Waals surface area contributed by atoms with E-state index in [4.69, 9.17) is 9.47 Å². The van der Waals surface area contributed by atoms with Crippen molar-refractivity contribution in [3.8, 4) is 5.75 Å². The van der Waals surface area contributed by atoms with Gasteiger partial charge in [-0.05, 0) is 96.4 Å². The standard InChI is InChI=1S/C31H34N2O5/c1-30-15-13-24(38-29(34)37-23-8-6-22(7-9-23)33(35)36)18-21(30)5-10-25-27-12-11-26(20-4-3-17-32-19-20)31(27,2)16-14-28(25)30/h3-9,11,17,19,24-25,27-28H,10,12-16,18H2,1-2H3. The van der Waals surface area contributed by atoms with E-state index < -0.39 is 11.1 Å². The quantitative estimate of drug-likeness (QED) is 0.138. The molecule has 0 bridgehead atoms. The Morgan fingerprint density at radius 3 is 2.55 bits per heavy atom. The van der Waals surface area contributed by atoms with Gasteiger partial charge in [0.05, 0.1) is 4.92 Å². The molecule has 6 unspecified atom stereocenters. The number of nitrogens with zero attached hydrogens (tertiary/aromatic N) is 2. The molecular weight excluding hydrogens is 480 g/mol. The van der Waals surface area contributed by atoms with Gasteiger partial charge in [0.25, 0.3) is 5.69 Å². The number of hydrogen-bond donors (Lipinski definition) is 0. The first-order valence-electron chi connectivity index (χ1n) is 13.7. The predicted molar refractivity (Wildman–Crippen MR) is 143 cm³/mol. The Hall–Kier alpha value is -3.48.